The topological polar surface area (TPSA) is 63.3 Å². The second kappa shape index (κ2) is 7.36. The highest BCUT2D eigenvalue weighted by molar-refractivity contribution is 6.02. The van der Waals surface area contributed by atoms with Crippen molar-refractivity contribution in [1.82, 2.24) is 5.16 Å². The lowest BCUT2D eigenvalue weighted by molar-refractivity contribution is -0.212. The highest BCUT2D eigenvalue weighted by Crippen LogP contribution is 2.77. The van der Waals surface area contributed by atoms with Gasteiger partial charge in [0.25, 0.3) is 0 Å². The molecule has 0 aliphatic heterocycles. The maximum Gasteiger partial charge on any atom is 0.190 e. The zero-order chi connectivity index (χ0) is 26.1. The third-order valence-electron chi connectivity index (χ3n) is 13.7. The van der Waals surface area contributed by atoms with Crippen LogP contribution in [0.4, 0.5) is 0 Å². The van der Waals surface area contributed by atoms with Crippen LogP contribution in [-0.2, 0) is 5.41 Å². The molecule has 1 heterocycles. The summed E-state index contributed by atoms with van der Waals surface area (Å²) in [6.07, 6.45) is 9.32. The lowest BCUT2D eigenvalue weighted by atomic mass is 9.32. The molecule has 4 nitrogen and oxygen atoms in total. The SMILES string of the molecule is C=C(C)[C@@H]1CC[C@]2(CO)CC[C@]3(C)[C@H](CC[C@@H]4[C@@]5(C)c6c(noc6C)C(=O)C(C)(C)[C@@H]5CC[C@]43C)[C@@H]12. The molecule has 1 aromatic heterocycles. The first-order valence-electron chi connectivity index (χ1n) is 14.6. The highest BCUT2D eigenvalue weighted by Gasteiger charge is 2.72. The molecule has 9 atom stereocenters. The number of aliphatic hydroxyl groups excluding tert-OH is 1. The monoisotopic (exact) mass is 493 g/mol. The van der Waals surface area contributed by atoms with Gasteiger partial charge in [-0.3, -0.25) is 4.79 Å². The second-order valence-electron chi connectivity index (χ2n) is 15.0. The van der Waals surface area contributed by atoms with Crippen LogP contribution in [-0.4, -0.2) is 22.7 Å². The van der Waals surface area contributed by atoms with Crippen LogP contribution in [0.5, 0.6) is 0 Å². The van der Waals surface area contributed by atoms with E-state index in [1.54, 1.807) is 0 Å². The van der Waals surface area contributed by atoms with Crippen LogP contribution in [0.1, 0.15) is 115 Å². The molecule has 0 saturated heterocycles. The second-order valence-corrected chi connectivity index (χ2v) is 15.0. The summed E-state index contributed by atoms with van der Waals surface area (Å²) in [7, 11) is 0. The van der Waals surface area contributed by atoms with E-state index in [4.69, 9.17) is 4.52 Å². The molecule has 0 spiro atoms. The molecule has 0 bridgehead atoms. The molecular formula is C32H47NO3. The Morgan fingerprint density at radius 1 is 1.00 bits per heavy atom. The van der Waals surface area contributed by atoms with Gasteiger partial charge in [0.1, 0.15) is 5.76 Å². The summed E-state index contributed by atoms with van der Waals surface area (Å²) >= 11 is 0. The van der Waals surface area contributed by atoms with Crippen molar-refractivity contribution in [2.24, 2.45) is 51.2 Å². The zero-order valence-corrected chi connectivity index (χ0v) is 23.7. The van der Waals surface area contributed by atoms with Crippen molar-refractivity contribution in [3.05, 3.63) is 29.2 Å². The molecule has 6 rings (SSSR count). The summed E-state index contributed by atoms with van der Waals surface area (Å²) in [5, 5.41) is 15.1. The Morgan fingerprint density at radius 3 is 2.39 bits per heavy atom. The Kier molecular flexibility index (Phi) is 5.09. The van der Waals surface area contributed by atoms with Crippen LogP contribution in [0.15, 0.2) is 16.7 Å². The molecule has 198 valence electrons. The summed E-state index contributed by atoms with van der Waals surface area (Å²) in [5.41, 5.74) is 2.95. The number of allylic oxidation sites excluding steroid dienone is 1. The Bertz CT molecular complexity index is 1130. The number of rotatable bonds is 2. The van der Waals surface area contributed by atoms with Crippen LogP contribution < -0.4 is 0 Å². The number of hydrogen-bond acceptors (Lipinski definition) is 4. The van der Waals surface area contributed by atoms with E-state index in [0.29, 0.717) is 41.9 Å². The third kappa shape index (κ3) is 2.61. The van der Waals surface area contributed by atoms with Gasteiger partial charge in [-0.1, -0.05) is 51.9 Å². The first kappa shape index (κ1) is 24.9. The van der Waals surface area contributed by atoms with Gasteiger partial charge < -0.3 is 9.63 Å². The van der Waals surface area contributed by atoms with Crippen LogP contribution in [0.3, 0.4) is 0 Å². The van der Waals surface area contributed by atoms with Gasteiger partial charge in [-0.25, -0.2) is 0 Å². The predicted octanol–water partition coefficient (Wildman–Crippen LogP) is 7.29. The Balaban J connectivity index is 1.49. The van der Waals surface area contributed by atoms with Crippen molar-refractivity contribution in [3.63, 3.8) is 0 Å². The summed E-state index contributed by atoms with van der Waals surface area (Å²) in [6, 6.07) is 0. The van der Waals surface area contributed by atoms with E-state index in [2.05, 4.69) is 53.3 Å². The summed E-state index contributed by atoms with van der Waals surface area (Å²) in [6.45, 7) is 21.0. The average molecular weight is 494 g/mol. The average Bonchev–Trinajstić information content (AvgIpc) is 3.40. The molecule has 1 aromatic rings. The number of hydrogen-bond donors (Lipinski definition) is 1. The fraction of sp³-hybridized carbons (Fsp3) is 0.812. The zero-order valence-electron chi connectivity index (χ0n) is 23.7. The van der Waals surface area contributed by atoms with E-state index in [1.807, 2.05) is 6.92 Å². The quantitative estimate of drug-likeness (QED) is 0.440. The molecule has 0 amide bonds. The van der Waals surface area contributed by atoms with Crippen LogP contribution >= 0.6 is 0 Å². The fourth-order valence-electron chi connectivity index (χ4n) is 11.9. The number of ketones is 1. The van der Waals surface area contributed by atoms with Crippen molar-refractivity contribution < 1.29 is 14.4 Å². The Labute approximate surface area is 217 Å². The van der Waals surface area contributed by atoms with Crippen molar-refractivity contribution in [2.75, 3.05) is 6.61 Å². The summed E-state index contributed by atoms with van der Waals surface area (Å²) < 4.78 is 5.76. The van der Waals surface area contributed by atoms with Gasteiger partial charge >= 0.3 is 0 Å². The van der Waals surface area contributed by atoms with Crippen molar-refractivity contribution >= 4 is 5.78 Å². The number of aromatic nitrogens is 1. The Morgan fingerprint density at radius 2 is 1.72 bits per heavy atom. The van der Waals surface area contributed by atoms with Crippen molar-refractivity contribution in [3.8, 4) is 0 Å². The van der Waals surface area contributed by atoms with Crippen molar-refractivity contribution in [1.29, 1.82) is 0 Å². The van der Waals surface area contributed by atoms with Crippen LogP contribution in [0.25, 0.3) is 0 Å². The molecule has 0 aromatic carbocycles. The lowest BCUT2D eigenvalue weighted by Crippen LogP contribution is -2.67. The summed E-state index contributed by atoms with van der Waals surface area (Å²) in [5.74, 6) is 3.49. The molecular weight excluding hydrogens is 446 g/mol. The standard InChI is InChI=1S/C32H47NO3/c1-18(2)20-11-14-32(17-34)16-15-29(6)21(25(20)32)9-10-23-30(29,7)13-12-22-28(4,5)27(35)26-24(31(22,23)8)19(3)36-33-26/h20-23,25,34H,1,9-17H2,2-8H3/t20-,21+,22-,23-,25+,29+,30+,31-,32+/m0/s1. The minimum absolute atomic E-state index is 0.0789. The van der Waals surface area contributed by atoms with Gasteiger partial charge in [-0.05, 0) is 111 Å². The van der Waals surface area contributed by atoms with Gasteiger partial charge in [-0.15, -0.1) is 0 Å². The normalized spacial score (nSPS) is 48.9. The predicted molar refractivity (Wildman–Crippen MR) is 142 cm³/mol. The van der Waals surface area contributed by atoms with E-state index >= 15 is 0 Å². The maximum atomic E-state index is 13.6. The number of carbonyl (C=O) groups excluding carboxylic acids is 1. The first-order chi connectivity index (χ1) is 16.8. The number of aliphatic hydroxyl groups is 1. The molecule has 5 aliphatic rings. The minimum atomic E-state index is -0.431. The molecule has 4 fully saturated rings. The van der Waals surface area contributed by atoms with Crippen molar-refractivity contribution in [2.45, 2.75) is 105 Å². The third-order valence-corrected chi connectivity index (χ3v) is 13.7. The van der Waals surface area contributed by atoms with Gasteiger partial charge in [0.2, 0.25) is 0 Å². The van der Waals surface area contributed by atoms with E-state index < -0.39 is 5.41 Å². The fourth-order valence-corrected chi connectivity index (χ4v) is 11.9. The van der Waals surface area contributed by atoms with E-state index in [1.165, 1.54) is 37.7 Å². The van der Waals surface area contributed by atoms with Crippen LogP contribution in [0.2, 0.25) is 0 Å². The smallest absolute Gasteiger partial charge is 0.190 e. The number of nitrogens with zero attached hydrogens (tertiary/aromatic N) is 1. The van der Waals surface area contributed by atoms with Gasteiger partial charge in [0.15, 0.2) is 11.5 Å². The van der Waals surface area contributed by atoms with E-state index in [-0.39, 0.29) is 27.4 Å². The van der Waals surface area contributed by atoms with E-state index in [9.17, 15) is 9.90 Å². The molecule has 1 N–H and O–H groups in total. The molecule has 4 saturated carbocycles. The molecule has 0 radical (unpaired) electrons. The van der Waals surface area contributed by atoms with Gasteiger partial charge in [-0.2, -0.15) is 0 Å². The van der Waals surface area contributed by atoms with Crippen LogP contribution in [0, 0.1) is 58.2 Å². The maximum absolute atomic E-state index is 13.6. The number of Topliss-reactive ketones (excluding diaryl/α,β-unsaturated/α-hetero) is 1. The first-order valence-corrected chi connectivity index (χ1v) is 14.6. The van der Waals surface area contributed by atoms with Gasteiger partial charge in [0.05, 0.1) is 0 Å². The number of carbonyl (C=O) groups is 1. The van der Waals surface area contributed by atoms with E-state index in [0.717, 1.165) is 30.6 Å². The minimum Gasteiger partial charge on any atom is -0.396 e. The number of fused-ring (bicyclic) bond motifs is 9. The Hall–Kier alpha value is -1.42. The molecule has 0 unspecified atom stereocenters. The van der Waals surface area contributed by atoms with Gasteiger partial charge in [0, 0.05) is 23.0 Å². The number of aryl methyl sites for hydroxylation is 1. The lowest BCUT2D eigenvalue weighted by Gasteiger charge is -2.72. The largest absolute Gasteiger partial charge is 0.396 e. The molecule has 4 heteroatoms. The highest BCUT2D eigenvalue weighted by atomic mass is 16.5. The molecule has 36 heavy (non-hydrogen) atoms. The summed E-state index contributed by atoms with van der Waals surface area (Å²) in [4.78, 5) is 13.6. The molecule has 5 aliphatic carbocycles.